The number of carbonyl (C=O) groups excluding carboxylic acids is 3. The average Bonchev–Trinajstić information content (AvgIpc) is 2.64. The second-order valence-electron chi connectivity index (χ2n) is 8.27. The number of carbonyl (C=O) groups is 3. The quantitative estimate of drug-likeness (QED) is 0.365. The first-order valence-corrected chi connectivity index (χ1v) is 9.47. The molecule has 4 atom stereocenters. The number of aromatic hydroxyl groups is 1. The van der Waals surface area contributed by atoms with E-state index in [4.69, 9.17) is 5.73 Å². The number of hydrogen-bond donors (Lipinski definition) is 5. The van der Waals surface area contributed by atoms with Crippen LogP contribution < -0.4 is 5.73 Å². The summed E-state index contributed by atoms with van der Waals surface area (Å²) in [5.41, 5.74) is 2.31. The number of phenolic OH excluding ortho intramolecular Hbond substituents is 1. The largest absolute Gasteiger partial charge is 0.510 e. The molecule has 0 saturated carbocycles. The molecule has 32 heavy (non-hydrogen) atoms. The number of phenols is 1. The summed E-state index contributed by atoms with van der Waals surface area (Å²) in [5.74, 6) is -6.42. The Labute approximate surface area is 189 Å². The highest BCUT2D eigenvalue weighted by Gasteiger charge is 2.63. The number of ketones is 2. The van der Waals surface area contributed by atoms with Crippen molar-refractivity contribution in [1.82, 2.24) is 4.90 Å². The fourth-order valence-electron chi connectivity index (χ4n) is 5.19. The molecular weight excluding hydrogens is 444 g/mol. The molecule has 1 aromatic rings. The fourth-order valence-corrected chi connectivity index (χ4v) is 5.19. The number of aliphatic hydroxyl groups excluding tert-OH is 2. The highest BCUT2D eigenvalue weighted by molar-refractivity contribution is 6.24. The Kier molecular flexibility index (Phi) is 6.50. The van der Waals surface area contributed by atoms with Crippen molar-refractivity contribution in [3.05, 3.63) is 52.0 Å². The number of halogens is 1. The van der Waals surface area contributed by atoms with Crippen LogP contribution in [0.5, 0.6) is 5.75 Å². The van der Waals surface area contributed by atoms with Crippen molar-refractivity contribution < 1.29 is 40.3 Å². The first-order chi connectivity index (χ1) is 14.0. The molecule has 3 aliphatic rings. The maximum Gasteiger partial charge on any atom is 0.255 e. The highest BCUT2D eigenvalue weighted by Crippen LogP contribution is 2.52. The van der Waals surface area contributed by atoms with Crippen LogP contribution in [0.2, 0.25) is 0 Å². The van der Waals surface area contributed by atoms with E-state index in [2.05, 4.69) is 0 Å². The van der Waals surface area contributed by atoms with Crippen molar-refractivity contribution in [2.24, 2.45) is 17.6 Å². The smallest absolute Gasteiger partial charge is 0.255 e. The lowest BCUT2D eigenvalue weighted by Gasteiger charge is -2.50. The molecule has 0 aromatic heterocycles. The van der Waals surface area contributed by atoms with Crippen molar-refractivity contribution in [2.45, 2.75) is 24.5 Å². The van der Waals surface area contributed by atoms with Crippen molar-refractivity contribution in [3.8, 4) is 5.75 Å². The van der Waals surface area contributed by atoms with Crippen LogP contribution in [0, 0.1) is 11.8 Å². The second-order valence-corrected chi connectivity index (χ2v) is 8.27. The van der Waals surface area contributed by atoms with Gasteiger partial charge < -0.3 is 31.6 Å². The number of fused-ring (bicyclic) bond motifs is 3. The number of allylic oxidation sites excluding steroid dienone is 1. The van der Waals surface area contributed by atoms with Gasteiger partial charge in [-0.2, -0.15) is 0 Å². The van der Waals surface area contributed by atoms with E-state index in [1.54, 1.807) is 26.2 Å². The zero-order valence-corrected chi connectivity index (χ0v) is 18.1. The van der Waals surface area contributed by atoms with Gasteiger partial charge in [0.2, 0.25) is 5.78 Å². The molecule has 0 unspecified atom stereocenters. The Morgan fingerprint density at radius 1 is 1.19 bits per heavy atom. The predicted octanol–water partition coefficient (Wildman–Crippen LogP) is -0.282. The first kappa shape index (κ1) is 25.3. The standard InChI is InChI=1S/C21H22N2O7.ClH.H2O/c1-23(2)15-10-7-9-6-8-4-3-5-11(24)12(8)16(25)13(9)18(27)21(10,30)19(28)14(17(15)26)20(22)29;;/h3-5,9-10,15,24,26-27,30H,6-7H2,1-2H3,(H2,22,29);1H;1H2/t9-,10-,15-,21-;;/m0../s1. The van der Waals surface area contributed by atoms with E-state index in [1.807, 2.05) is 0 Å². The van der Waals surface area contributed by atoms with Crippen LogP contribution in [-0.4, -0.2) is 74.0 Å². The summed E-state index contributed by atoms with van der Waals surface area (Å²) in [6.45, 7) is 0. The number of hydrogen-bond acceptors (Lipinski definition) is 8. The minimum absolute atomic E-state index is 0. The third kappa shape index (κ3) is 3.10. The van der Waals surface area contributed by atoms with E-state index >= 15 is 0 Å². The molecule has 8 N–H and O–H groups in total. The number of rotatable bonds is 2. The Balaban J connectivity index is 0.00000181. The zero-order chi connectivity index (χ0) is 22.1. The van der Waals surface area contributed by atoms with Crippen LogP contribution in [0.25, 0.3) is 0 Å². The van der Waals surface area contributed by atoms with E-state index in [9.17, 15) is 34.8 Å². The summed E-state index contributed by atoms with van der Waals surface area (Å²) >= 11 is 0. The van der Waals surface area contributed by atoms with Gasteiger partial charge in [-0.25, -0.2) is 0 Å². The highest BCUT2D eigenvalue weighted by atomic mass is 35.5. The average molecular weight is 469 g/mol. The summed E-state index contributed by atoms with van der Waals surface area (Å²) in [5, 5.41) is 43.2. The van der Waals surface area contributed by atoms with E-state index in [1.165, 1.54) is 11.0 Å². The van der Waals surface area contributed by atoms with Crippen molar-refractivity contribution >= 4 is 29.9 Å². The van der Waals surface area contributed by atoms with Gasteiger partial charge in [0, 0.05) is 11.5 Å². The monoisotopic (exact) mass is 468 g/mol. The van der Waals surface area contributed by atoms with Crippen LogP contribution in [0.15, 0.2) is 40.9 Å². The normalized spacial score (nSPS) is 28.9. The Bertz CT molecular complexity index is 1080. The van der Waals surface area contributed by atoms with Crippen molar-refractivity contribution in [1.29, 1.82) is 0 Å². The van der Waals surface area contributed by atoms with Gasteiger partial charge in [0.05, 0.1) is 11.6 Å². The molecule has 0 bridgehead atoms. The molecule has 0 radical (unpaired) electrons. The van der Waals surface area contributed by atoms with Crippen LogP contribution in [0.4, 0.5) is 0 Å². The third-order valence-electron chi connectivity index (χ3n) is 6.46. The number of likely N-dealkylation sites (N-methyl/N-ethyl adjacent to an activating group) is 1. The Morgan fingerprint density at radius 2 is 1.81 bits per heavy atom. The Morgan fingerprint density at radius 3 is 2.38 bits per heavy atom. The maximum absolute atomic E-state index is 13.1. The van der Waals surface area contributed by atoms with Gasteiger partial charge in [0.15, 0.2) is 11.4 Å². The number of benzene rings is 1. The van der Waals surface area contributed by atoms with Gasteiger partial charge in [-0.15, -0.1) is 12.4 Å². The molecule has 11 heteroatoms. The second kappa shape index (κ2) is 8.21. The lowest BCUT2D eigenvalue weighted by atomic mass is 9.58. The van der Waals surface area contributed by atoms with Crippen LogP contribution in [0.3, 0.4) is 0 Å². The number of Topliss-reactive ketones (excluding diaryl/α,β-unsaturated/α-hetero) is 2. The summed E-state index contributed by atoms with van der Waals surface area (Å²) in [6.07, 6.45) is 0.379. The van der Waals surface area contributed by atoms with Gasteiger partial charge in [-0.3, -0.25) is 19.3 Å². The molecule has 0 heterocycles. The summed E-state index contributed by atoms with van der Waals surface area (Å²) in [4.78, 5) is 39.6. The first-order valence-electron chi connectivity index (χ1n) is 9.47. The van der Waals surface area contributed by atoms with E-state index < -0.39 is 58.0 Å². The molecule has 4 rings (SSSR count). The van der Waals surface area contributed by atoms with Crippen LogP contribution >= 0.6 is 12.4 Å². The summed E-state index contributed by atoms with van der Waals surface area (Å²) in [6, 6.07) is 3.66. The number of nitrogens with two attached hydrogens (primary N) is 1. The van der Waals surface area contributed by atoms with Gasteiger partial charge in [-0.05, 0) is 44.5 Å². The van der Waals surface area contributed by atoms with Crippen molar-refractivity contribution in [2.75, 3.05) is 14.1 Å². The molecule has 174 valence electrons. The van der Waals surface area contributed by atoms with Gasteiger partial charge in [-0.1, -0.05) is 12.1 Å². The molecule has 0 spiro atoms. The maximum atomic E-state index is 13.1. The van der Waals surface area contributed by atoms with E-state index in [0.29, 0.717) is 12.0 Å². The number of primary amides is 1. The lowest BCUT2D eigenvalue weighted by Crippen LogP contribution is -2.63. The molecule has 0 saturated heterocycles. The van der Waals surface area contributed by atoms with Crippen LogP contribution in [0.1, 0.15) is 22.3 Å². The van der Waals surface area contributed by atoms with Gasteiger partial charge in [0.1, 0.15) is 22.8 Å². The molecule has 10 nitrogen and oxygen atoms in total. The number of nitrogens with zero attached hydrogens (tertiary/aromatic N) is 1. The van der Waals surface area contributed by atoms with Gasteiger partial charge >= 0.3 is 0 Å². The van der Waals surface area contributed by atoms with E-state index in [-0.39, 0.29) is 41.2 Å². The zero-order valence-electron chi connectivity index (χ0n) is 17.3. The SMILES string of the molecule is CN(C)[C@@H]1C(O)=C(C(N)=O)C(=O)[C@@]2(O)C(O)=C3C(=O)c4c(O)cccc4C[C@H]3C[C@@H]12.Cl.O. The summed E-state index contributed by atoms with van der Waals surface area (Å²) in [7, 11) is 3.18. The van der Waals surface area contributed by atoms with E-state index in [0.717, 1.165) is 0 Å². The minimum atomic E-state index is -2.60. The van der Waals surface area contributed by atoms with Crippen LogP contribution in [-0.2, 0) is 16.0 Å². The number of aliphatic hydroxyl groups is 3. The lowest BCUT2D eigenvalue weighted by molar-refractivity contribution is -0.148. The molecule has 1 aromatic carbocycles. The molecular formula is C21H25ClN2O8. The fraction of sp³-hybridized carbons (Fsp3) is 0.381. The molecule has 0 aliphatic heterocycles. The number of amides is 1. The molecule has 1 amide bonds. The van der Waals surface area contributed by atoms with Crippen molar-refractivity contribution in [3.63, 3.8) is 0 Å². The predicted molar refractivity (Wildman–Crippen MR) is 115 cm³/mol. The molecule has 0 fully saturated rings. The Hall–Kier alpha value is -2.92. The minimum Gasteiger partial charge on any atom is -0.510 e. The topological polar surface area (TPSA) is 193 Å². The summed E-state index contributed by atoms with van der Waals surface area (Å²) < 4.78 is 0. The molecule has 3 aliphatic carbocycles. The van der Waals surface area contributed by atoms with Gasteiger partial charge in [0.25, 0.3) is 5.91 Å². The third-order valence-corrected chi connectivity index (χ3v) is 6.46.